The molecular formula is C31H32N2O7. The highest BCUT2D eigenvalue weighted by molar-refractivity contribution is 5.98. The van der Waals surface area contributed by atoms with Crippen LogP contribution >= 0.6 is 0 Å². The lowest BCUT2D eigenvalue weighted by Gasteiger charge is -2.45. The van der Waals surface area contributed by atoms with Gasteiger partial charge >= 0.3 is 5.63 Å². The maximum atomic E-state index is 14.3. The number of aliphatic hydroxyl groups is 2. The zero-order valence-corrected chi connectivity index (χ0v) is 22.0. The lowest BCUT2D eigenvalue weighted by molar-refractivity contribution is -0.118. The van der Waals surface area contributed by atoms with Crippen molar-refractivity contribution >= 4 is 22.8 Å². The van der Waals surface area contributed by atoms with Gasteiger partial charge in [-0.15, -0.1) is 0 Å². The largest absolute Gasteiger partial charge is 0.486 e. The highest BCUT2D eigenvalue weighted by Gasteiger charge is 2.51. The SMILES string of the molecule is O=C(NCCO)C1=CC(N(C(=O)c2cc3ccccc3oc2=O)C2CCCCC2)C(O)C2Oc3ccccc3C12. The molecule has 9 nitrogen and oxygen atoms in total. The Kier molecular flexibility index (Phi) is 7.16. The molecule has 40 heavy (non-hydrogen) atoms. The van der Waals surface area contributed by atoms with Crippen LogP contribution in [0.2, 0.25) is 0 Å². The standard InChI is InChI=1S/C31H32N2O7/c34-15-14-32-29(36)21-17-23(27(35)28-26(21)20-11-5-7-13-25(20)39-28)33(19-9-2-1-3-10-19)30(37)22-16-18-8-4-6-12-24(18)40-31(22)38/h4-8,11-13,16-17,19,23,26-28,34-35H,1-3,9-10,14-15H2,(H,32,36). The number of nitrogens with zero attached hydrogens (tertiary/aromatic N) is 1. The van der Waals surface area contributed by atoms with E-state index in [0.29, 0.717) is 35.1 Å². The van der Waals surface area contributed by atoms with E-state index in [9.17, 15) is 24.6 Å². The van der Waals surface area contributed by atoms with E-state index in [4.69, 9.17) is 9.15 Å². The molecule has 4 atom stereocenters. The van der Waals surface area contributed by atoms with Gasteiger partial charge in [-0.2, -0.15) is 0 Å². The quantitative estimate of drug-likeness (QED) is 0.407. The fraction of sp³-hybridized carbons (Fsp3) is 0.387. The van der Waals surface area contributed by atoms with Crippen LogP contribution in [0, 0.1) is 0 Å². The predicted octanol–water partition coefficient (Wildman–Crippen LogP) is 2.89. The predicted molar refractivity (Wildman–Crippen MR) is 147 cm³/mol. The van der Waals surface area contributed by atoms with E-state index in [1.54, 1.807) is 41.3 Å². The average molecular weight is 545 g/mol. The molecule has 3 aromatic rings. The van der Waals surface area contributed by atoms with Crippen molar-refractivity contribution in [1.82, 2.24) is 10.2 Å². The molecular weight excluding hydrogens is 512 g/mol. The number of aliphatic hydroxyl groups excluding tert-OH is 2. The van der Waals surface area contributed by atoms with E-state index in [1.165, 1.54) is 6.07 Å². The maximum Gasteiger partial charge on any atom is 0.349 e. The van der Waals surface area contributed by atoms with Gasteiger partial charge < -0.3 is 29.6 Å². The Hall–Kier alpha value is -3.95. The number of para-hydroxylation sites is 2. The van der Waals surface area contributed by atoms with Crippen molar-refractivity contribution in [1.29, 1.82) is 0 Å². The van der Waals surface area contributed by atoms with E-state index >= 15 is 0 Å². The Morgan fingerprint density at radius 2 is 1.77 bits per heavy atom. The number of benzene rings is 2. The summed E-state index contributed by atoms with van der Waals surface area (Å²) in [6, 6.07) is 14.7. The summed E-state index contributed by atoms with van der Waals surface area (Å²) in [5, 5.41) is 24.5. The molecule has 2 aromatic carbocycles. The third-order valence-corrected chi connectivity index (χ3v) is 8.27. The third-order valence-electron chi connectivity index (χ3n) is 8.27. The van der Waals surface area contributed by atoms with E-state index in [0.717, 1.165) is 24.8 Å². The van der Waals surface area contributed by atoms with Gasteiger partial charge in [-0.1, -0.05) is 55.7 Å². The average Bonchev–Trinajstić information content (AvgIpc) is 3.37. The number of carbonyl (C=O) groups excluding carboxylic acids is 2. The molecule has 3 N–H and O–H groups in total. The number of hydrogen-bond donors (Lipinski definition) is 3. The van der Waals surface area contributed by atoms with Gasteiger partial charge in [0.2, 0.25) is 5.91 Å². The van der Waals surface area contributed by atoms with Crippen LogP contribution in [0.5, 0.6) is 5.75 Å². The summed E-state index contributed by atoms with van der Waals surface area (Å²) in [7, 11) is 0. The smallest absolute Gasteiger partial charge is 0.349 e. The summed E-state index contributed by atoms with van der Waals surface area (Å²) in [5.41, 5.74) is 0.656. The first-order valence-electron chi connectivity index (χ1n) is 13.9. The summed E-state index contributed by atoms with van der Waals surface area (Å²) in [4.78, 5) is 42.3. The number of rotatable bonds is 6. The monoisotopic (exact) mass is 544 g/mol. The molecule has 2 amide bonds. The van der Waals surface area contributed by atoms with Gasteiger partial charge in [-0.25, -0.2) is 4.79 Å². The van der Waals surface area contributed by atoms with E-state index in [1.807, 2.05) is 18.2 Å². The van der Waals surface area contributed by atoms with Gasteiger partial charge in [-0.05, 0) is 37.1 Å². The molecule has 6 rings (SSSR count). The summed E-state index contributed by atoms with van der Waals surface area (Å²) in [5.74, 6) is -0.919. The maximum absolute atomic E-state index is 14.3. The zero-order valence-electron chi connectivity index (χ0n) is 22.0. The molecule has 4 unspecified atom stereocenters. The van der Waals surface area contributed by atoms with Gasteiger partial charge in [0.05, 0.1) is 18.6 Å². The summed E-state index contributed by atoms with van der Waals surface area (Å²) in [6.45, 7) is -0.163. The Balaban J connectivity index is 1.46. The van der Waals surface area contributed by atoms with Gasteiger partial charge in [-0.3, -0.25) is 9.59 Å². The van der Waals surface area contributed by atoms with Gasteiger partial charge in [0.15, 0.2) is 0 Å². The molecule has 1 saturated carbocycles. The number of nitrogens with one attached hydrogen (secondary N) is 1. The molecule has 0 radical (unpaired) electrons. The molecule has 208 valence electrons. The summed E-state index contributed by atoms with van der Waals surface area (Å²) in [6.07, 6.45) is 3.96. The van der Waals surface area contributed by atoms with Gasteiger partial charge in [0, 0.05) is 29.1 Å². The number of ether oxygens (including phenoxy) is 1. The Bertz CT molecular complexity index is 1520. The van der Waals surface area contributed by atoms with Crippen molar-refractivity contribution < 1.29 is 29.0 Å². The Morgan fingerprint density at radius 1 is 1.02 bits per heavy atom. The minimum absolute atomic E-state index is 0.0622. The summed E-state index contributed by atoms with van der Waals surface area (Å²) < 4.78 is 11.7. The van der Waals surface area contributed by atoms with Crippen molar-refractivity contribution in [3.05, 3.63) is 87.8 Å². The molecule has 2 aliphatic carbocycles. The second-order valence-electron chi connectivity index (χ2n) is 10.7. The Labute approximate surface area is 231 Å². The van der Waals surface area contributed by atoms with Crippen LogP contribution in [0.4, 0.5) is 0 Å². The number of hydrogen-bond acceptors (Lipinski definition) is 7. The van der Waals surface area contributed by atoms with Crippen LogP contribution < -0.4 is 15.7 Å². The van der Waals surface area contributed by atoms with Crippen LogP contribution in [0.1, 0.15) is 53.9 Å². The minimum atomic E-state index is -1.16. The first-order valence-corrected chi connectivity index (χ1v) is 13.9. The lowest BCUT2D eigenvalue weighted by Crippen LogP contribution is -2.59. The van der Waals surface area contributed by atoms with Crippen molar-refractivity contribution in [2.75, 3.05) is 13.2 Å². The fourth-order valence-electron chi connectivity index (χ4n) is 6.42. The van der Waals surface area contributed by atoms with Crippen molar-refractivity contribution in [2.45, 2.75) is 62.3 Å². The molecule has 0 bridgehead atoms. The normalized spacial score (nSPS) is 24.0. The van der Waals surface area contributed by atoms with E-state index in [2.05, 4.69) is 5.32 Å². The Morgan fingerprint density at radius 3 is 2.58 bits per heavy atom. The third kappa shape index (κ3) is 4.59. The summed E-state index contributed by atoms with van der Waals surface area (Å²) >= 11 is 0. The highest BCUT2D eigenvalue weighted by atomic mass is 16.5. The van der Waals surface area contributed by atoms with Gasteiger partial charge in [0.1, 0.15) is 29.1 Å². The molecule has 0 spiro atoms. The van der Waals surface area contributed by atoms with Crippen molar-refractivity contribution in [2.24, 2.45) is 0 Å². The van der Waals surface area contributed by atoms with E-state index in [-0.39, 0.29) is 24.8 Å². The minimum Gasteiger partial charge on any atom is -0.486 e. The first kappa shape index (κ1) is 26.3. The van der Waals surface area contributed by atoms with Gasteiger partial charge in [0.25, 0.3) is 5.91 Å². The topological polar surface area (TPSA) is 129 Å². The molecule has 1 aromatic heterocycles. The van der Waals surface area contributed by atoms with E-state index < -0.39 is 41.6 Å². The molecule has 1 fully saturated rings. The first-order chi connectivity index (χ1) is 19.5. The van der Waals surface area contributed by atoms with Crippen molar-refractivity contribution in [3.63, 3.8) is 0 Å². The number of fused-ring (bicyclic) bond motifs is 4. The fourth-order valence-corrected chi connectivity index (χ4v) is 6.42. The highest BCUT2D eigenvalue weighted by Crippen LogP contribution is 2.47. The lowest BCUT2D eigenvalue weighted by atomic mass is 9.76. The molecule has 1 aliphatic heterocycles. The van der Waals surface area contributed by atoms with Crippen LogP contribution in [0.3, 0.4) is 0 Å². The molecule has 2 heterocycles. The molecule has 0 saturated heterocycles. The molecule has 3 aliphatic rings. The zero-order chi connectivity index (χ0) is 27.8. The van der Waals surface area contributed by atoms with Crippen molar-refractivity contribution in [3.8, 4) is 5.75 Å². The van der Waals surface area contributed by atoms with Crippen LogP contribution in [-0.2, 0) is 4.79 Å². The molecule has 9 heteroatoms. The number of carbonyl (C=O) groups is 2. The van der Waals surface area contributed by atoms with Crippen LogP contribution in [0.15, 0.2) is 75.5 Å². The second kappa shape index (κ2) is 10.9. The van der Waals surface area contributed by atoms with Crippen LogP contribution in [0.25, 0.3) is 11.0 Å². The second-order valence-corrected chi connectivity index (χ2v) is 10.7. The van der Waals surface area contributed by atoms with Crippen LogP contribution in [-0.4, -0.2) is 64.4 Å². The number of amides is 2.